The van der Waals surface area contributed by atoms with Gasteiger partial charge in [0, 0.05) is 28.3 Å². The topological polar surface area (TPSA) is 89.1 Å². The van der Waals surface area contributed by atoms with Gasteiger partial charge in [-0.2, -0.15) is 0 Å². The van der Waals surface area contributed by atoms with E-state index in [4.69, 9.17) is 9.72 Å². The van der Waals surface area contributed by atoms with E-state index < -0.39 is 12.0 Å². The first-order valence-electron chi connectivity index (χ1n) is 12.3. The van der Waals surface area contributed by atoms with Gasteiger partial charge in [-0.1, -0.05) is 13.0 Å². The molecule has 10 heteroatoms. The fourth-order valence-electron chi connectivity index (χ4n) is 4.66. The lowest BCUT2D eigenvalue weighted by molar-refractivity contribution is -0.138. The van der Waals surface area contributed by atoms with Gasteiger partial charge in [-0.15, -0.1) is 11.3 Å². The van der Waals surface area contributed by atoms with Gasteiger partial charge in [0.05, 0.1) is 22.6 Å². The molecular formula is C29H22F2N4O3S. The van der Waals surface area contributed by atoms with Crippen molar-refractivity contribution in [2.45, 2.75) is 26.3 Å². The van der Waals surface area contributed by atoms with Gasteiger partial charge in [0.25, 0.3) is 0 Å². The molecule has 1 unspecified atom stereocenters. The van der Waals surface area contributed by atoms with Crippen LogP contribution in [0.25, 0.3) is 38.7 Å². The number of carboxylic acid groups (broad SMARTS) is 1. The number of aliphatic imine (C=N–C) groups is 1. The molecule has 1 aliphatic heterocycles. The summed E-state index contributed by atoms with van der Waals surface area (Å²) in [7, 11) is 0. The summed E-state index contributed by atoms with van der Waals surface area (Å²) in [5.41, 5.74) is 5.55. The van der Waals surface area contributed by atoms with Gasteiger partial charge in [0.2, 0.25) is 5.90 Å². The Kier molecular flexibility index (Phi) is 6.19. The fourth-order valence-corrected chi connectivity index (χ4v) is 5.57. The molecule has 4 heterocycles. The molecule has 3 aromatic heterocycles. The second-order valence-corrected chi connectivity index (χ2v) is 10.0. The third kappa shape index (κ3) is 4.36. The van der Waals surface area contributed by atoms with Crippen LogP contribution in [-0.2, 0) is 16.0 Å². The smallest absolute Gasteiger partial charge is 0.332 e. The van der Waals surface area contributed by atoms with Gasteiger partial charge in [0.15, 0.2) is 6.04 Å². The summed E-state index contributed by atoms with van der Waals surface area (Å²) in [6.45, 7) is 3.65. The highest BCUT2D eigenvalue weighted by Crippen LogP contribution is 2.37. The van der Waals surface area contributed by atoms with E-state index >= 15 is 4.39 Å². The van der Waals surface area contributed by atoms with Crippen molar-refractivity contribution in [3.05, 3.63) is 88.6 Å². The molecule has 1 aliphatic rings. The van der Waals surface area contributed by atoms with Crippen LogP contribution in [0.15, 0.2) is 65.1 Å². The third-order valence-electron chi connectivity index (χ3n) is 6.72. The van der Waals surface area contributed by atoms with Crippen LogP contribution in [0.4, 0.5) is 8.78 Å². The summed E-state index contributed by atoms with van der Waals surface area (Å²) < 4.78 is 36.7. The van der Waals surface area contributed by atoms with E-state index in [1.54, 1.807) is 47.9 Å². The molecule has 39 heavy (non-hydrogen) atoms. The summed E-state index contributed by atoms with van der Waals surface area (Å²) >= 11 is 1.40. The maximum atomic E-state index is 16.1. The van der Waals surface area contributed by atoms with Crippen molar-refractivity contribution < 1.29 is 23.4 Å². The van der Waals surface area contributed by atoms with E-state index in [0.29, 0.717) is 50.7 Å². The van der Waals surface area contributed by atoms with Gasteiger partial charge < -0.3 is 9.84 Å². The van der Waals surface area contributed by atoms with Gasteiger partial charge >= 0.3 is 5.97 Å². The second-order valence-electron chi connectivity index (χ2n) is 9.15. The summed E-state index contributed by atoms with van der Waals surface area (Å²) in [6.07, 6.45) is 2.33. The molecule has 2 aromatic carbocycles. The van der Waals surface area contributed by atoms with Crippen LogP contribution in [0, 0.1) is 18.6 Å². The third-order valence-corrected chi connectivity index (χ3v) is 7.60. The Balaban J connectivity index is 1.42. The molecule has 5 aromatic rings. The number of imidazole rings is 1. The quantitative estimate of drug-likeness (QED) is 0.276. The Morgan fingerprint density at radius 1 is 1.08 bits per heavy atom. The molecule has 0 fully saturated rings. The second kappa shape index (κ2) is 9.70. The van der Waals surface area contributed by atoms with Crippen molar-refractivity contribution in [2.75, 3.05) is 6.61 Å². The Morgan fingerprint density at radius 2 is 1.82 bits per heavy atom. The summed E-state index contributed by atoms with van der Waals surface area (Å²) in [5.74, 6) is -1.52. The average Bonchev–Trinajstić information content (AvgIpc) is 3.69. The number of rotatable bonds is 6. The number of hydrogen-bond donors (Lipinski definition) is 1. The molecule has 1 N–H and O–H groups in total. The van der Waals surface area contributed by atoms with Crippen molar-refractivity contribution >= 4 is 28.9 Å². The van der Waals surface area contributed by atoms with Crippen molar-refractivity contribution in [3.8, 4) is 33.1 Å². The highest BCUT2D eigenvalue weighted by atomic mass is 32.1. The number of carboxylic acids is 1. The van der Waals surface area contributed by atoms with Crippen molar-refractivity contribution in [3.63, 3.8) is 0 Å². The number of benzene rings is 2. The Morgan fingerprint density at radius 3 is 2.54 bits per heavy atom. The lowest BCUT2D eigenvalue weighted by Crippen LogP contribution is -2.18. The predicted molar refractivity (Wildman–Crippen MR) is 145 cm³/mol. The molecule has 0 amide bonds. The molecule has 0 spiro atoms. The van der Waals surface area contributed by atoms with Crippen LogP contribution in [0.5, 0.6) is 0 Å². The summed E-state index contributed by atoms with van der Waals surface area (Å²) in [6, 6.07) is 12.3. The lowest BCUT2D eigenvalue weighted by Gasteiger charge is -2.12. The number of carbonyl (C=O) groups is 1. The van der Waals surface area contributed by atoms with Crippen LogP contribution in [0.2, 0.25) is 0 Å². The normalized spacial score (nSPS) is 15.0. The zero-order chi connectivity index (χ0) is 27.3. The summed E-state index contributed by atoms with van der Waals surface area (Å²) in [5, 5.41) is 11.8. The van der Waals surface area contributed by atoms with E-state index in [2.05, 4.69) is 9.98 Å². The number of hydrogen-bond acceptors (Lipinski definition) is 6. The molecule has 0 saturated carbocycles. The highest BCUT2D eigenvalue weighted by Gasteiger charge is 2.27. The molecule has 0 saturated heterocycles. The lowest BCUT2D eigenvalue weighted by atomic mass is 10.0. The van der Waals surface area contributed by atoms with E-state index in [-0.39, 0.29) is 24.1 Å². The van der Waals surface area contributed by atoms with Gasteiger partial charge in [-0.3, -0.25) is 4.40 Å². The Labute approximate surface area is 226 Å². The van der Waals surface area contributed by atoms with E-state index in [1.165, 1.54) is 23.5 Å². The molecule has 0 aliphatic carbocycles. The first kappa shape index (κ1) is 24.9. The SMILES string of the molecule is CCc1nc2ccc(C3=NC(C(=O)O)CO3)cn2c1-c1ccc(-c2nc(-c3ccc(F)cc3)cs2)c(C)c1F. The van der Waals surface area contributed by atoms with E-state index in [1.807, 2.05) is 18.4 Å². The molecule has 196 valence electrons. The maximum Gasteiger partial charge on any atom is 0.332 e. The van der Waals surface area contributed by atoms with Crippen LogP contribution in [0.3, 0.4) is 0 Å². The molecule has 0 radical (unpaired) electrons. The maximum absolute atomic E-state index is 16.1. The van der Waals surface area contributed by atoms with E-state index in [0.717, 1.165) is 11.3 Å². The number of aromatic nitrogens is 3. The number of aryl methyl sites for hydroxylation is 1. The number of aliphatic carboxylic acids is 1. The van der Waals surface area contributed by atoms with Crippen LogP contribution in [0.1, 0.15) is 23.7 Å². The van der Waals surface area contributed by atoms with Crippen LogP contribution in [-0.4, -0.2) is 44.0 Å². The van der Waals surface area contributed by atoms with Crippen molar-refractivity contribution in [1.82, 2.24) is 14.4 Å². The highest BCUT2D eigenvalue weighted by molar-refractivity contribution is 7.13. The van der Waals surface area contributed by atoms with Crippen LogP contribution < -0.4 is 0 Å². The minimum Gasteiger partial charge on any atom is -0.480 e. The fraction of sp³-hybridized carbons (Fsp3) is 0.172. The standard InChI is InChI=1S/C29H22F2N4O3S/c1-3-21-26(35-12-17(6-11-24(35)32-21)27-33-22(13-38-27)29(36)37)20-10-9-19(15(2)25(20)31)28-34-23(14-39-28)16-4-7-18(30)8-5-16/h4-12,14,22H,3,13H2,1-2H3,(H,36,37). The minimum atomic E-state index is -1.05. The number of thiazole rings is 1. The minimum absolute atomic E-state index is 0.0331. The monoisotopic (exact) mass is 544 g/mol. The Bertz CT molecular complexity index is 1780. The van der Waals surface area contributed by atoms with Crippen molar-refractivity contribution in [2.24, 2.45) is 4.99 Å². The first-order chi connectivity index (χ1) is 18.8. The zero-order valence-corrected chi connectivity index (χ0v) is 21.8. The molecular weight excluding hydrogens is 522 g/mol. The molecule has 0 bridgehead atoms. The first-order valence-corrected chi connectivity index (χ1v) is 13.2. The zero-order valence-electron chi connectivity index (χ0n) is 21.0. The van der Waals surface area contributed by atoms with E-state index in [9.17, 15) is 14.3 Å². The number of pyridine rings is 1. The summed E-state index contributed by atoms with van der Waals surface area (Å²) in [4.78, 5) is 24.8. The number of halogens is 2. The number of ether oxygens (including phenoxy) is 1. The predicted octanol–water partition coefficient (Wildman–Crippen LogP) is 6.17. The number of fused-ring (bicyclic) bond motifs is 1. The molecule has 6 rings (SSSR count). The number of nitrogens with zero attached hydrogens (tertiary/aromatic N) is 4. The van der Waals surface area contributed by atoms with Crippen molar-refractivity contribution in [1.29, 1.82) is 0 Å². The Hall–Kier alpha value is -4.44. The average molecular weight is 545 g/mol. The van der Waals surface area contributed by atoms with Gasteiger partial charge in [-0.05, 0) is 61.4 Å². The largest absolute Gasteiger partial charge is 0.480 e. The van der Waals surface area contributed by atoms with Gasteiger partial charge in [-0.25, -0.2) is 28.5 Å². The van der Waals surface area contributed by atoms with Gasteiger partial charge in [0.1, 0.15) is 28.9 Å². The molecule has 7 nitrogen and oxygen atoms in total. The molecule has 1 atom stereocenters. The van der Waals surface area contributed by atoms with Crippen LogP contribution >= 0.6 is 11.3 Å².